The van der Waals surface area contributed by atoms with Gasteiger partial charge < -0.3 is 20.3 Å². The van der Waals surface area contributed by atoms with Gasteiger partial charge in [-0.05, 0) is 43.9 Å². The highest BCUT2D eigenvalue weighted by Crippen LogP contribution is 2.36. The van der Waals surface area contributed by atoms with Crippen LogP contribution in [-0.4, -0.2) is 35.1 Å². The zero-order chi connectivity index (χ0) is 16.3. The lowest BCUT2D eigenvalue weighted by Crippen LogP contribution is -2.41. The number of carbonyl (C=O) groups is 1. The van der Waals surface area contributed by atoms with E-state index in [4.69, 9.17) is 4.74 Å². The molecular formula is C17H25NO4. The maximum absolute atomic E-state index is 11.6. The molecule has 2 rings (SSSR count). The molecule has 0 spiro atoms. The lowest BCUT2D eigenvalue weighted by molar-refractivity contribution is 0.0806. The van der Waals surface area contributed by atoms with Gasteiger partial charge in [-0.15, -0.1) is 0 Å². The Hall–Kier alpha value is -1.59. The SMILES string of the molecule is CC(C)(C)NC(=O)OCCc1ccc2c(c1)[C@@H](O)[C@@H](CO)C2. The summed E-state index contributed by atoms with van der Waals surface area (Å²) in [4.78, 5) is 11.6. The number of aliphatic hydroxyl groups excluding tert-OH is 2. The maximum Gasteiger partial charge on any atom is 0.407 e. The molecule has 1 aromatic rings. The van der Waals surface area contributed by atoms with E-state index in [2.05, 4.69) is 5.32 Å². The monoisotopic (exact) mass is 307 g/mol. The first-order valence-electron chi connectivity index (χ1n) is 7.65. The van der Waals surface area contributed by atoms with Crippen LogP contribution in [0.1, 0.15) is 43.6 Å². The van der Waals surface area contributed by atoms with Gasteiger partial charge in [0.1, 0.15) is 0 Å². The number of carbonyl (C=O) groups excluding carboxylic acids is 1. The van der Waals surface area contributed by atoms with Gasteiger partial charge in [0.25, 0.3) is 0 Å². The van der Waals surface area contributed by atoms with Crippen LogP contribution >= 0.6 is 0 Å². The molecule has 22 heavy (non-hydrogen) atoms. The van der Waals surface area contributed by atoms with Crippen LogP contribution in [0.4, 0.5) is 4.79 Å². The van der Waals surface area contributed by atoms with E-state index in [0.29, 0.717) is 19.4 Å². The van der Waals surface area contributed by atoms with Crippen LogP contribution in [-0.2, 0) is 17.6 Å². The van der Waals surface area contributed by atoms with Crippen molar-refractivity contribution in [3.63, 3.8) is 0 Å². The van der Waals surface area contributed by atoms with E-state index in [1.165, 1.54) is 0 Å². The largest absolute Gasteiger partial charge is 0.449 e. The Balaban J connectivity index is 1.88. The number of hydrogen-bond acceptors (Lipinski definition) is 4. The molecule has 0 aliphatic heterocycles. The summed E-state index contributed by atoms with van der Waals surface area (Å²) in [6.45, 7) is 5.97. The fourth-order valence-corrected chi connectivity index (χ4v) is 2.68. The Morgan fingerprint density at radius 1 is 1.41 bits per heavy atom. The topological polar surface area (TPSA) is 78.8 Å². The van der Waals surface area contributed by atoms with Gasteiger partial charge >= 0.3 is 6.09 Å². The summed E-state index contributed by atoms with van der Waals surface area (Å²) in [6.07, 6.45) is 0.276. The number of ether oxygens (including phenoxy) is 1. The molecule has 5 heteroatoms. The van der Waals surface area contributed by atoms with Crippen molar-refractivity contribution in [2.45, 2.75) is 45.3 Å². The molecular weight excluding hydrogens is 282 g/mol. The highest BCUT2D eigenvalue weighted by atomic mass is 16.5. The molecule has 0 unspecified atom stereocenters. The van der Waals surface area contributed by atoms with Crippen LogP contribution in [0.5, 0.6) is 0 Å². The first kappa shape index (κ1) is 16.8. The van der Waals surface area contributed by atoms with Crippen LogP contribution in [0.15, 0.2) is 18.2 Å². The first-order valence-corrected chi connectivity index (χ1v) is 7.65. The molecule has 5 nitrogen and oxygen atoms in total. The Kier molecular flexibility index (Phi) is 5.08. The van der Waals surface area contributed by atoms with Crippen molar-refractivity contribution in [1.29, 1.82) is 0 Å². The number of nitrogens with one attached hydrogen (secondary N) is 1. The molecule has 0 saturated carbocycles. The van der Waals surface area contributed by atoms with Crippen molar-refractivity contribution in [1.82, 2.24) is 5.32 Å². The number of benzene rings is 1. The quantitative estimate of drug-likeness (QED) is 0.794. The molecule has 1 aromatic carbocycles. The Labute approximate surface area is 131 Å². The van der Waals surface area contributed by atoms with E-state index in [1.54, 1.807) is 0 Å². The summed E-state index contributed by atoms with van der Waals surface area (Å²) in [7, 11) is 0. The number of rotatable bonds is 4. The van der Waals surface area contributed by atoms with E-state index in [-0.39, 0.29) is 18.1 Å². The third-order valence-corrected chi connectivity index (χ3v) is 3.79. The summed E-state index contributed by atoms with van der Waals surface area (Å²) in [5.41, 5.74) is 2.67. The van der Waals surface area contributed by atoms with Crippen molar-refractivity contribution in [2.75, 3.05) is 13.2 Å². The van der Waals surface area contributed by atoms with Gasteiger partial charge in [-0.1, -0.05) is 18.2 Å². The van der Waals surface area contributed by atoms with Gasteiger partial charge in [-0.25, -0.2) is 4.79 Å². The second kappa shape index (κ2) is 6.67. The molecule has 2 atom stereocenters. The molecule has 0 saturated heterocycles. The summed E-state index contributed by atoms with van der Waals surface area (Å²) in [5, 5.41) is 22.1. The van der Waals surface area contributed by atoms with Crippen molar-refractivity contribution in [3.05, 3.63) is 34.9 Å². The molecule has 0 heterocycles. The van der Waals surface area contributed by atoms with Gasteiger partial charge in [-0.2, -0.15) is 0 Å². The van der Waals surface area contributed by atoms with E-state index < -0.39 is 12.2 Å². The first-order chi connectivity index (χ1) is 10.3. The summed E-state index contributed by atoms with van der Waals surface area (Å²) in [6, 6.07) is 5.91. The lowest BCUT2D eigenvalue weighted by Gasteiger charge is -2.20. The molecule has 1 aliphatic carbocycles. The number of hydrogen-bond donors (Lipinski definition) is 3. The smallest absolute Gasteiger partial charge is 0.407 e. The third-order valence-electron chi connectivity index (χ3n) is 3.79. The van der Waals surface area contributed by atoms with E-state index in [9.17, 15) is 15.0 Å². The van der Waals surface area contributed by atoms with Crippen LogP contribution in [0.2, 0.25) is 0 Å². The fraction of sp³-hybridized carbons (Fsp3) is 0.588. The Morgan fingerprint density at radius 2 is 2.14 bits per heavy atom. The molecule has 3 N–H and O–H groups in total. The maximum atomic E-state index is 11.6. The van der Waals surface area contributed by atoms with Gasteiger partial charge in [-0.3, -0.25) is 0 Å². The molecule has 1 amide bonds. The van der Waals surface area contributed by atoms with Crippen LogP contribution < -0.4 is 5.32 Å². The van der Waals surface area contributed by atoms with Crippen molar-refractivity contribution < 1.29 is 19.7 Å². The minimum Gasteiger partial charge on any atom is -0.449 e. The standard InChI is InChI=1S/C17H25NO4/c1-17(2,3)18-16(21)22-7-6-11-4-5-12-9-13(10-19)15(20)14(12)8-11/h4-5,8,13,15,19-20H,6-7,9-10H2,1-3H3,(H,18,21)/t13-,15+/m1/s1. The fourth-order valence-electron chi connectivity index (χ4n) is 2.68. The zero-order valence-electron chi connectivity index (χ0n) is 13.4. The molecule has 1 aliphatic rings. The minimum atomic E-state index is -0.606. The third kappa shape index (κ3) is 4.21. The predicted molar refractivity (Wildman–Crippen MR) is 83.6 cm³/mol. The van der Waals surface area contributed by atoms with E-state index in [1.807, 2.05) is 39.0 Å². The molecule has 0 radical (unpaired) electrons. The van der Waals surface area contributed by atoms with E-state index >= 15 is 0 Å². The number of alkyl carbamates (subject to hydrolysis) is 1. The average Bonchev–Trinajstić information content (AvgIpc) is 2.73. The summed E-state index contributed by atoms with van der Waals surface area (Å²) < 4.78 is 5.16. The van der Waals surface area contributed by atoms with Gasteiger partial charge in [0.05, 0.1) is 12.7 Å². The highest BCUT2D eigenvalue weighted by Gasteiger charge is 2.30. The normalized spacial score (nSPS) is 20.6. The number of aliphatic hydroxyl groups is 2. The lowest BCUT2D eigenvalue weighted by atomic mass is 10.0. The Bertz CT molecular complexity index is 536. The number of amides is 1. The Morgan fingerprint density at radius 3 is 2.77 bits per heavy atom. The number of fused-ring (bicyclic) bond motifs is 1. The summed E-state index contributed by atoms with van der Waals surface area (Å²) in [5.74, 6) is -0.112. The van der Waals surface area contributed by atoms with Crippen molar-refractivity contribution in [3.8, 4) is 0 Å². The zero-order valence-corrected chi connectivity index (χ0v) is 13.4. The average molecular weight is 307 g/mol. The van der Waals surface area contributed by atoms with Gasteiger partial charge in [0, 0.05) is 24.5 Å². The molecule has 0 fully saturated rings. The molecule has 122 valence electrons. The van der Waals surface area contributed by atoms with Gasteiger partial charge in [0.2, 0.25) is 0 Å². The van der Waals surface area contributed by atoms with Crippen LogP contribution in [0.3, 0.4) is 0 Å². The predicted octanol–water partition coefficient (Wildman–Crippen LogP) is 1.95. The second-order valence-electron chi connectivity index (χ2n) is 6.89. The van der Waals surface area contributed by atoms with Crippen LogP contribution in [0.25, 0.3) is 0 Å². The van der Waals surface area contributed by atoms with Crippen molar-refractivity contribution >= 4 is 6.09 Å². The van der Waals surface area contributed by atoms with Crippen LogP contribution in [0, 0.1) is 5.92 Å². The van der Waals surface area contributed by atoms with Gasteiger partial charge in [0.15, 0.2) is 0 Å². The van der Waals surface area contributed by atoms with Crippen molar-refractivity contribution in [2.24, 2.45) is 5.92 Å². The second-order valence-corrected chi connectivity index (χ2v) is 6.89. The molecule has 0 bridgehead atoms. The molecule has 0 aromatic heterocycles. The minimum absolute atomic E-state index is 0.0126. The highest BCUT2D eigenvalue weighted by molar-refractivity contribution is 5.68. The summed E-state index contributed by atoms with van der Waals surface area (Å²) >= 11 is 0. The van der Waals surface area contributed by atoms with E-state index in [0.717, 1.165) is 16.7 Å².